The molecular formula is C14H19N3O4S. The molecule has 2 amide bonds. The zero-order chi connectivity index (χ0) is 16.2. The second kappa shape index (κ2) is 6.89. The van der Waals surface area contributed by atoms with Crippen LogP contribution in [0.25, 0.3) is 0 Å². The van der Waals surface area contributed by atoms with Crippen molar-refractivity contribution in [3.05, 3.63) is 23.8 Å². The maximum Gasteiger partial charge on any atom is 0.241 e. The van der Waals surface area contributed by atoms with Crippen LogP contribution in [-0.2, 0) is 26.0 Å². The quantitative estimate of drug-likeness (QED) is 0.703. The van der Waals surface area contributed by atoms with Gasteiger partial charge in [0.15, 0.2) is 0 Å². The summed E-state index contributed by atoms with van der Waals surface area (Å²) in [7, 11) is -3.75. The summed E-state index contributed by atoms with van der Waals surface area (Å²) in [6, 6.07) is 4.51. The third-order valence-electron chi connectivity index (χ3n) is 3.28. The Hall–Kier alpha value is -1.93. The summed E-state index contributed by atoms with van der Waals surface area (Å²) in [5, 5.41) is 5.29. The maximum atomic E-state index is 12.2. The number of carbonyl (C=O) groups is 2. The molecule has 0 radical (unpaired) electrons. The summed E-state index contributed by atoms with van der Waals surface area (Å²) >= 11 is 0. The molecule has 0 saturated heterocycles. The van der Waals surface area contributed by atoms with Gasteiger partial charge in [0.25, 0.3) is 0 Å². The summed E-state index contributed by atoms with van der Waals surface area (Å²) in [4.78, 5) is 22.8. The Kier molecular flexibility index (Phi) is 5.15. The number of anilines is 1. The minimum absolute atomic E-state index is 0.0752. The SMILES string of the molecule is CCCNC(=O)CNS(=O)(=O)c1ccc2c(c1)CCC(=O)N2. The van der Waals surface area contributed by atoms with E-state index >= 15 is 0 Å². The summed E-state index contributed by atoms with van der Waals surface area (Å²) in [6.45, 7) is 2.13. The van der Waals surface area contributed by atoms with Crippen molar-refractivity contribution in [1.29, 1.82) is 0 Å². The number of nitrogens with one attached hydrogen (secondary N) is 3. The molecule has 0 spiro atoms. The monoisotopic (exact) mass is 325 g/mol. The number of hydrogen-bond acceptors (Lipinski definition) is 4. The predicted octanol–water partition coefficient (Wildman–Crippen LogP) is 0.376. The fourth-order valence-electron chi connectivity index (χ4n) is 2.10. The highest BCUT2D eigenvalue weighted by Crippen LogP contribution is 2.25. The first-order valence-electron chi connectivity index (χ1n) is 7.11. The molecule has 22 heavy (non-hydrogen) atoms. The van der Waals surface area contributed by atoms with Crippen LogP contribution in [0.5, 0.6) is 0 Å². The molecule has 1 aliphatic heterocycles. The molecule has 8 heteroatoms. The number of hydrogen-bond donors (Lipinski definition) is 3. The van der Waals surface area contributed by atoms with Gasteiger partial charge in [0.2, 0.25) is 21.8 Å². The van der Waals surface area contributed by atoms with E-state index in [0.717, 1.165) is 12.0 Å². The predicted molar refractivity (Wildman–Crippen MR) is 81.9 cm³/mol. The molecule has 1 aromatic carbocycles. The summed E-state index contributed by atoms with van der Waals surface area (Å²) < 4.78 is 26.6. The fourth-order valence-corrected chi connectivity index (χ4v) is 3.13. The Labute approximate surface area is 129 Å². The molecule has 0 saturated carbocycles. The van der Waals surface area contributed by atoms with Gasteiger partial charge in [-0.3, -0.25) is 9.59 Å². The molecule has 0 bridgehead atoms. The Morgan fingerprint density at radius 2 is 2.09 bits per heavy atom. The van der Waals surface area contributed by atoms with E-state index in [2.05, 4.69) is 15.4 Å². The molecule has 0 fully saturated rings. The van der Waals surface area contributed by atoms with Crippen LogP contribution < -0.4 is 15.4 Å². The lowest BCUT2D eigenvalue weighted by Crippen LogP contribution is -2.37. The van der Waals surface area contributed by atoms with Gasteiger partial charge in [0, 0.05) is 18.7 Å². The van der Waals surface area contributed by atoms with Gasteiger partial charge < -0.3 is 10.6 Å². The lowest BCUT2D eigenvalue weighted by molar-refractivity contribution is -0.120. The maximum absolute atomic E-state index is 12.2. The number of aryl methyl sites for hydroxylation is 1. The summed E-state index contributed by atoms with van der Waals surface area (Å²) in [5.74, 6) is -0.440. The lowest BCUT2D eigenvalue weighted by Gasteiger charge is -2.17. The van der Waals surface area contributed by atoms with E-state index in [4.69, 9.17) is 0 Å². The zero-order valence-corrected chi connectivity index (χ0v) is 13.1. The van der Waals surface area contributed by atoms with Crippen molar-refractivity contribution >= 4 is 27.5 Å². The molecule has 0 aliphatic carbocycles. The van der Waals surface area contributed by atoms with Gasteiger partial charge in [-0.1, -0.05) is 6.92 Å². The Morgan fingerprint density at radius 1 is 1.32 bits per heavy atom. The number of carbonyl (C=O) groups excluding carboxylic acids is 2. The van der Waals surface area contributed by atoms with Crippen molar-refractivity contribution in [3.63, 3.8) is 0 Å². The lowest BCUT2D eigenvalue weighted by atomic mass is 10.0. The first-order chi connectivity index (χ1) is 10.4. The average Bonchev–Trinajstić information content (AvgIpc) is 2.50. The topological polar surface area (TPSA) is 104 Å². The van der Waals surface area contributed by atoms with Gasteiger partial charge in [-0.05, 0) is 36.6 Å². The van der Waals surface area contributed by atoms with Gasteiger partial charge in [0.1, 0.15) is 0 Å². The number of benzene rings is 1. The highest BCUT2D eigenvalue weighted by Gasteiger charge is 2.20. The van der Waals surface area contributed by atoms with Gasteiger partial charge >= 0.3 is 0 Å². The van der Waals surface area contributed by atoms with Gasteiger partial charge in [0.05, 0.1) is 11.4 Å². The third kappa shape index (κ3) is 4.05. The van der Waals surface area contributed by atoms with Crippen molar-refractivity contribution in [2.24, 2.45) is 0 Å². The number of rotatable bonds is 6. The molecule has 1 aromatic rings. The van der Waals surface area contributed by atoms with Gasteiger partial charge in [-0.15, -0.1) is 0 Å². The van der Waals surface area contributed by atoms with E-state index in [0.29, 0.717) is 25.1 Å². The minimum atomic E-state index is -3.75. The fraction of sp³-hybridized carbons (Fsp3) is 0.429. The Bertz CT molecular complexity index is 685. The van der Waals surface area contributed by atoms with Crippen LogP contribution >= 0.6 is 0 Å². The molecule has 7 nitrogen and oxygen atoms in total. The van der Waals surface area contributed by atoms with Crippen LogP contribution in [0, 0.1) is 0 Å². The highest BCUT2D eigenvalue weighted by molar-refractivity contribution is 7.89. The molecule has 2 rings (SSSR count). The molecule has 120 valence electrons. The van der Waals surface area contributed by atoms with E-state index in [1.807, 2.05) is 6.92 Å². The van der Waals surface area contributed by atoms with Crippen molar-refractivity contribution in [2.75, 3.05) is 18.4 Å². The number of amides is 2. The first kappa shape index (κ1) is 16.4. The van der Waals surface area contributed by atoms with E-state index in [9.17, 15) is 18.0 Å². The molecular weight excluding hydrogens is 306 g/mol. The van der Waals surface area contributed by atoms with Crippen LogP contribution in [0.4, 0.5) is 5.69 Å². The summed E-state index contributed by atoms with van der Waals surface area (Å²) in [5.41, 5.74) is 1.41. The van der Waals surface area contributed by atoms with Gasteiger partial charge in [-0.2, -0.15) is 0 Å². The first-order valence-corrected chi connectivity index (χ1v) is 8.60. The average molecular weight is 325 g/mol. The summed E-state index contributed by atoms with van der Waals surface area (Å²) in [6.07, 6.45) is 1.62. The van der Waals surface area contributed by atoms with Crippen LogP contribution in [0.2, 0.25) is 0 Å². The molecule has 0 atom stereocenters. The van der Waals surface area contributed by atoms with Crippen molar-refractivity contribution in [3.8, 4) is 0 Å². The van der Waals surface area contributed by atoms with Crippen LogP contribution in [0.3, 0.4) is 0 Å². The number of fused-ring (bicyclic) bond motifs is 1. The Morgan fingerprint density at radius 3 is 2.82 bits per heavy atom. The van der Waals surface area contributed by atoms with Crippen LogP contribution in [-0.4, -0.2) is 33.3 Å². The molecule has 0 aromatic heterocycles. The van der Waals surface area contributed by atoms with Crippen molar-refractivity contribution < 1.29 is 18.0 Å². The normalized spacial score (nSPS) is 14.1. The van der Waals surface area contributed by atoms with E-state index < -0.39 is 10.0 Å². The van der Waals surface area contributed by atoms with E-state index in [1.165, 1.54) is 12.1 Å². The van der Waals surface area contributed by atoms with Crippen molar-refractivity contribution in [2.45, 2.75) is 31.1 Å². The number of sulfonamides is 1. The highest BCUT2D eigenvalue weighted by atomic mass is 32.2. The van der Waals surface area contributed by atoms with Gasteiger partial charge in [-0.25, -0.2) is 13.1 Å². The standard InChI is InChI=1S/C14H19N3O4S/c1-2-7-15-14(19)9-16-22(20,21)11-4-5-12-10(8-11)3-6-13(18)17-12/h4-5,8,16H,2-3,6-7,9H2,1H3,(H,15,19)(H,17,18). The van der Waals surface area contributed by atoms with Crippen LogP contribution in [0.1, 0.15) is 25.3 Å². The van der Waals surface area contributed by atoms with E-state index in [-0.39, 0.29) is 23.3 Å². The molecule has 3 N–H and O–H groups in total. The largest absolute Gasteiger partial charge is 0.355 e. The minimum Gasteiger partial charge on any atom is -0.355 e. The zero-order valence-electron chi connectivity index (χ0n) is 12.3. The van der Waals surface area contributed by atoms with Crippen molar-refractivity contribution in [1.82, 2.24) is 10.0 Å². The van der Waals surface area contributed by atoms with Crippen LogP contribution in [0.15, 0.2) is 23.1 Å². The molecule has 1 heterocycles. The molecule has 0 unspecified atom stereocenters. The van der Waals surface area contributed by atoms with E-state index in [1.54, 1.807) is 6.07 Å². The second-order valence-electron chi connectivity index (χ2n) is 5.04. The Balaban J connectivity index is 2.06. The molecule has 1 aliphatic rings. The third-order valence-corrected chi connectivity index (χ3v) is 4.68. The second-order valence-corrected chi connectivity index (χ2v) is 6.81. The smallest absolute Gasteiger partial charge is 0.241 e.